The third kappa shape index (κ3) is 2.94. The van der Waals surface area contributed by atoms with Gasteiger partial charge in [0.1, 0.15) is 0 Å². The van der Waals surface area contributed by atoms with Crippen molar-refractivity contribution in [2.75, 3.05) is 17.2 Å². The van der Waals surface area contributed by atoms with Crippen LogP contribution in [0.25, 0.3) is 0 Å². The number of carbonyl (C=O) groups is 2. The highest BCUT2D eigenvalue weighted by Gasteiger charge is 2.59. The zero-order valence-electron chi connectivity index (χ0n) is 16.9. The Morgan fingerprint density at radius 2 is 2.10 bits per heavy atom. The van der Waals surface area contributed by atoms with Gasteiger partial charge in [-0.3, -0.25) is 9.59 Å². The van der Waals surface area contributed by atoms with Crippen LogP contribution in [-0.4, -0.2) is 29.0 Å². The molecule has 2 aliphatic rings. The van der Waals surface area contributed by atoms with Crippen LogP contribution in [0.15, 0.2) is 65.3 Å². The second-order valence-corrected chi connectivity index (χ2v) is 8.94. The summed E-state index contributed by atoms with van der Waals surface area (Å²) in [6.07, 6.45) is 1.46. The lowest BCUT2D eigenvalue weighted by atomic mass is 10.0. The molecule has 1 saturated heterocycles. The van der Waals surface area contributed by atoms with E-state index >= 15 is 0 Å². The van der Waals surface area contributed by atoms with Gasteiger partial charge in [-0.05, 0) is 42.8 Å². The predicted octanol–water partition coefficient (Wildman–Crippen LogP) is 4.05. The van der Waals surface area contributed by atoms with E-state index in [-0.39, 0.29) is 17.6 Å². The van der Waals surface area contributed by atoms with Gasteiger partial charge < -0.3 is 14.2 Å². The number of amides is 2. The van der Waals surface area contributed by atoms with E-state index in [4.69, 9.17) is 4.42 Å². The summed E-state index contributed by atoms with van der Waals surface area (Å²) >= 11 is 1.49. The Kier molecular flexibility index (Phi) is 4.60. The Hall–Kier alpha value is -3.50. The van der Waals surface area contributed by atoms with Crippen LogP contribution in [0.2, 0.25) is 0 Å². The highest BCUT2D eigenvalue weighted by atomic mass is 32.2. The number of hydrogen-bond donors (Lipinski definition) is 0. The third-order valence-electron chi connectivity index (χ3n) is 5.72. The first-order valence-corrected chi connectivity index (χ1v) is 10.9. The van der Waals surface area contributed by atoms with Crippen molar-refractivity contribution in [2.24, 2.45) is 0 Å². The molecule has 1 atom stereocenters. The van der Waals surface area contributed by atoms with Gasteiger partial charge in [0, 0.05) is 17.9 Å². The molecule has 5 rings (SSSR count). The molecule has 2 amide bonds. The summed E-state index contributed by atoms with van der Waals surface area (Å²) in [7, 11) is 0. The first-order chi connectivity index (χ1) is 15.0. The molecule has 0 aliphatic carbocycles. The van der Waals surface area contributed by atoms with Gasteiger partial charge in [0.2, 0.25) is 0 Å². The fourth-order valence-electron chi connectivity index (χ4n) is 4.34. The Balaban J connectivity index is 1.60. The number of hydrogen-bond acceptors (Lipinski definition) is 5. The van der Waals surface area contributed by atoms with Gasteiger partial charge >= 0.3 is 0 Å². The van der Waals surface area contributed by atoms with Crippen molar-refractivity contribution >= 4 is 29.3 Å². The first-order valence-electron chi connectivity index (χ1n) is 9.96. The van der Waals surface area contributed by atoms with Crippen LogP contribution >= 0.6 is 11.8 Å². The van der Waals surface area contributed by atoms with Crippen molar-refractivity contribution in [1.82, 2.24) is 4.90 Å². The smallest absolute Gasteiger partial charge is 0.291 e. The normalized spacial score (nSPS) is 19.7. The molecule has 2 aliphatic heterocycles. The average Bonchev–Trinajstić information content (AvgIpc) is 3.51. The van der Waals surface area contributed by atoms with Gasteiger partial charge in [0.05, 0.1) is 30.1 Å². The molecule has 3 aromatic rings. The molecule has 154 valence electrons. The van der Waals surface area contributed by atoms with E-state index in [1.807, 2.05) is 37.3 Å². The van der Waals surface area contributed by atoms with Gasteiger partial charge in [-0.1, -0.05) is 29.8 Å². The number of nitrogens with zero attached hydrogens (tertiary/aromatic N) is 3. The van der Waals surface area contributed by atoms with Crippen molar-refractivity contribution in [2.45, 2.75) is 18.3 Å². The summed E-state index contributed by atoms with van der Waals surface area (Å²) < 4.78 is 5.35. The van der Waals surface area contributed by atoms with Crippen molar-refractivity contribution in [1.29, 1.82) is 5.26 Å². The van der Waals surface area contributed by atoms with Gasteiger partial charge in [-0.2, -0.15) is 5.26 Å². The van der Waals surface area contributed by atoms with Crippen LogP contribution in [0.3, 0.4) is 0 Å². The van der Waals surface area contributed by atoms with Crippen LogP contribution in [0.4, 0.5) is 5.69 Å². The summed E-state index contributed by atoms with van der Waals surface area (Å²) in [6.45, 7) is 2.77. The molecule has 0 saturated carbocycles. The SMILES string of the molecule is Cc1ccc2c(c1)[C@]1(SCCN1C(=O)c1ccco1)C(=O)N2Cc1cccc(C#N)c1. The number of aryl methyl sites for hydroxylation is 1. The van der Waals surface area contributed by atoms with E-state index in [9.17, 15) is 14.9 Å². The molecule has 1 aromatic heterocycles. The van der Waals surface area contributed by atoms with E-state index < -0.39 is 4.87 Å². The minimum absolute atomic E-state index is 0.141. The fraction of sp³-hybridized carbons (Fsp3) is 0.208. The van der Waals surface area contributed by atoms with Gasteiger partial charge in [-0.25, -0.2) is 0 Å². The predicted molar refractivity (Wildman–Crippen MR) is 117 cm³/mol. The fourth-order valence-corrected chi connectivity index (χ4v) is 5.79. The second kappa shape index (κ2) is 7.33. The number of rotatable bonds is 3. The standard InChI is InChI=1S/C24H19N3O3S/c1-16-7-8-20-19(12-16)24(27(9-11-31-24)22(28)21-6-3-10-30-21)23(29)26(20)15-18-5-2-4-17(13-18)14-25/h2-8,10,12-13H,9,11,15H2,1H3/t24-/m0/s1. The number of benzene rings is 2. The van der Waals surface area contributed by atoms with Crippen molar-refractivity contribution in [3.63, 3.8) is 0 Å². The van der Waals surface area contributed by atoms with E-state index in [2.05, 4.69) is 6.07 Å². The summed E-state index contributed by atoms with van der Waals surface area (Å²) in [5.41, 5.74) is 4.06. The highest BCUT2D eigenvalue weighted by molar-refractivity contribution is 8.01. The summed E-state index contributed by atoms with van der Waals surface area (Å²) in [5.74, 6) is 0.453. The Morgan fingerprint density at radius 3 is 2.87 bits per heavy atom. The van der Waals surface area contributed by atoms with E-state index in [1.165, 1.54) is 18.0 Å². The number of furan rings is 1. The molecular weight excluding hydrogens is 410 g/mol. The zero-order chi connectivity index (χ0) is 21.6. The number of thioether (sulfide) groups is 1. The Morgan fingerprint density at radius 1 is 1.23 bits per heavy atom. The van der Waals surface area contributed by atoms with Crippen LogP contribution < -0.4 is 4.90 Å². The summed E-state index contributed by atoms with van der Waals surface area (Å²) in [5, 5.41) is 9.23. The van der Waals surface area contributed by atoms with E-state index in [0.29, 0.717) is 24.4 Å². The molecule has 31 heavy (non-hydrogen) atoms. The molecule has 1 spiro atoms. The minimum atomic E-state index is -1.11. The molecule has 0 unspecified atom stereocenters. The molecular formula is C24H19N3O3S. The maximum absolute atomic E-state index is 14.0. The van der Waals surface area contributed by atoms with Crippen LogP contribution in [0, 0.1) is 18.3 Å². The van der Waals surface area contributed by atoms with E-state index in [0.717, 1.165) is 22.4 Å². The maximum Gasteiger partial charge on any atom is 0.291 e. The Labute approximate surface area is 184 Å². The lowest BCUT2D eigenvalue weighted by Crippen LogP contribution is -2.50. The van der Waals surface area contributed by atoms with Gasteiger partial charge in [0.25, 0.3) is 11.8 Å². The number of fused-ring (bicyclic) bond motifs is 2. The molecule has 7 heteroatoms. The van der Waals surface area contributed by atoms with Crippen molar-refractivity contribution in [3.05, 3.63) is 88.9 Å². The maximum atomic E-state index is 14.0. The monoisotopic (exact) mass is 429 g/mol. The van der Waals surface area contributed by atoms with Crippen molar-refractivity contribution < 1.29 is 14.0 Å². The molecule has 2 aromatic carbocycles. The van der Waals surface area contributed by atoms with Crippen LogP contribution in [0.5, 0.6) is 0 Å². The molecule has 1 fully saturated rings. The lowest BCUT2D eigenvalue weighted by Gasteiger charge is -2.32. The molecule has 0 bridgehead atoms. The zero-order valence-corrected chi connectivity index (χ0v) is 17.7. The summed E-state index contributed by atoms with van der Waals surface area (Å²) in [6, 6.07) is 18.6. The average molecular weight is 430 g/mol. The second-order valence-electron chi connectivity index (χ2n) is 7.65. The first kappa shape index (κ1) is 19.5. The van der Waals surface area contributed by atoms with Crippen molar-refractivity contribution in [3.8, 4) is 6.07 Å². The third-order valence-corrected chi connectivity index (χ3v) is 7.14. The topological polar surface area (TPSA) is 77.6 Å². The molecule has 0 N–H and O–H groups in total. The lowest BCUT2D eigenvalue weighted by molar-refractivity contribution is -0.123. The number of nitriles is 1. The van der Waals surface area contributed by atoms with Gasteiger partial charge in [-0.15, -0.1) is 11.8 Å². The number of anilines is 1. The minimum Gasteiger partial charge on any atom is -0.459 e. The van der Waals surface area contributed by atoms with E-state index in [1.54, 1.807) is 34.1 Å². The van der Waals surface area contributed by atoms with Gasteiger partial charge in [0.15, 0.2) is 10.6 Å². The molecule has 3 heterocycles. The highest BCUT2D eigenvalue weighted by Crippen LogP contribution is 2.55. The molecule has 6 nitrogen and oxygen atoms in total. The Bertz CT molecular complexity index is 1230. The van der Waals surface area contributed by atoms with Crippen LogP contribution in [-0.2, 0) is 16.2 Å². The largest absolute Gasteiger partial charge is 0.459 e. The van der Waals surface area contributed by atoms with Crippen LogP contribution in [0.1, 0.15) is 32.8 Å². The number of carbonyl (C=O) groups excluding carboxylic acids is 2. The summed E-state index contributed by atoms with van der Waals surface area (Å²) in [4.78, 5) is 29.5. The quantitative estimate of drug-likeness (QED) is 0.628. The molecule has 0 radical (unpaired) electrons.